The van der Waals surface area contributed by atoms with Gasteiger partial charge < -0.3 is 82.9 Å². The third-order valence-corrected chi connectivity index (χ3v) is 7.15. The molecule has 1 saturated carbocycles. The van der Waals surface area contributed by atoms with Gasteiger partial charge in [0.05, 0.1) is 18.7 Å². The minimum absolute atomic E-state index is 0.0255. The highest BCUT2D eigenvalue weighted by Crippen LogP contribution is 2.32. The van der Waals surface area contributed by atoms with Gasteiger partial charge in [-0.15, -0.1) is 0 Å². The fourth-order valence-electron chi connectivity index (χ4n) is 4.84. The molecule has 0 aromatic heterocycles. The van der Waals surface area contributed by atoms with Crippen LogP contribution in [-0.2, 0) is 23.7 Å². The van der Waals surface area contributed by atoms with E-state index in [1.165, 1.54) is 0 Å². The van der Waals surface area contributed by atoms with Crippen molar-refractivity contribution in [3.63, 3.8) is 0 Å². The molecule has 1 aliphatic carbocycles. The molecule has 0 spiro atoms. The number of carbonyl (C=O) groups excluding carboxylic acids is 1. The van der Waals surface area contributed by atoms with E-state index in [-0.39, 0.29) is 25.9 Å². The van der Waals surface area contributed by atoms with Gasteiger partial charge in [0.2, 0.25) is 5.91 Å². The lowest BCUT2D eigenvalue weighted by atomic mass is 9.83. The highest BCUT2D eigenvalue weighted by atomic mass is 16.7. The predicted octanol–water partition coefficient (Wildman–Crippen LogP) is -7.79. The molecule has 1 unspecified atom stereocenters. The summed E-state index contributed by atoms with van der Waals surface area (Å²) in [7, 11) is 0. The molecule has 0 bridgehead atoms. The van der Waals surface area contributed by atoms with Crippen LogP contribution >= 0.6 is 0 Å². The van der Waals surface area contributed by atoms with E-state index >= 15 is 0 Å². The number of hydrogen-bond acceptors (Lipinski definition) is 16. The average molecular weight is 556 g/mol. The number of carbonyl (C=O) groups is 1. The van der Waals surface area contributed by atoms with Crippen molar-refractivity contribution >= 4 is 5.91 Å². The fraction of sp³-hybridized carbons (Fsp3) is 0.952. The molecular weight excluding hydrogens is 514 g/mol. The Bertz CT molecular complexity index is 770. The van der Waals surface area contributed by atoms with Crippen molar-refractivity contribution in [1.29, 1.82) is 0 Å². The molecule has 2 aliphatic heterocycles. The van der Waals surface area contributed by atoms with Gasteiger partial charge in [0.1, 0.15) is 61.0 Å². The molecule has 0 radical (unpaired) electrons. The summed E-state index contributed by atoms with van der Waals surface area (Å²) in [5.74, 6) is -0.807. The zero-order valence-corrected chi connectivity index (χ0v) is 20.7. The maximum Gasteiger partial charge on any atom is 0.249 e. The molecule has 0 aromatic carbocycles. The molecule has 17 heteroatoms. The van der Waals surface area contributed by atoms with Crippen molar-refractivity contribution in [1.82, 2.24) is 5.32 Å². The van der Waals surface area contributed by atoms with Crippen LogP contribution in [0.4, 0.5) is 0 Å². The zero-order chi connectivity index (χ0) is 28.3. The van der Waals surface area contributed by atoms with Crippen molar-refractivity contribution in [3.8, 4) is 0 Å². The molecule has 3 aliphatic rings. The number of rotatable bonds is 10. The Labute approximate surface area is 218 Å². The van der Waals surface area contributed by atoms with Gasteiger partial charge in [0, 0.05) is 12.6 Å². The molecule has 0 aromatic rings. The minimum Gasteiger partial charge on any atom is -0.394 e. The second-order valence-electron chi connectivity index (χ2n) is 9.84. The van der Waals surface area contributed by atoms with E-state index in [1.807, 2.05) is 0 Å². The van der Waals surface area contributed by atoms with Gasteiger partial charge in [-0.25, -0.2) is 0 Å². The summed E-state index contributed by atoms with van der Waals surface area (Å²) in [6.45, 7) is -0.764. The SMILES string of the molecule is NCCC(O)C(=O)N[C@@H]1C[C@H](N)[C@@H](O[C@H]2O[C@H](CN)[C@@H](O)[C@H](O)[C@H]2N)[C@H](O[C@@H]2O[C@H](CO)[C@H](O)[C@H]2O)[C@H]1O. The van der Waals surface area contributed by atoms with E-state index in [2.05, 4.69) is 5.32 Å². The van der Waals surface area contributed by atoms with Gasteiger partial charge in [-0.05, 0) is 19.4 Å². The number of aliphatic hydroxyl groups excluding tert-OH is 7. The van der Waals surface area contributed by atoms with Crippen molar-refractivity contribution in [2.24, 2.45) is 22.9 Å². The van der Waals surface area contributed by atoms with Crippen molar-refractivity contribution in [3.05, 3.63) is 0 Å². The first kappa shape index (κ1) is 31.4. The van der Waals surface area contributed by atoms with E-state index < -0.39 is 104 Å². The molecule has 15 atom stereocenters. The van der Waals surface area contributed by atoms with Crippen molar-refractivity contribution in [2.75, 3.05) is 19.7 Å². The summed E-state index contributed by atoms with van der Waals surface area (Å²) in [5.41, 5.74) is 23.3. The first-order valence-electron chi connectivity index (χ1n) is 12.5. The lowest BCUT2D eigenvalue weighted by molar-refractivity contribution is -0.307. The van der Waals surface area contributed by atoms with Gasteiger partial charge in [-0.3, -0.25) is 4.79 Å². The van der Waals surface area contributed by atoms with Crippen LogP contribution in [0.5, 0.6) is 0 Å². The summed E-state index contributed by atoms with van der Waals surface area (Å²) in [4.78, 5) is 12.4. The third-order valence-electron chi connectivity index (χ3n) is 7.15. The standard InChI is InChI=1S/C21H41N5O12/c22-2-1-8(28)19(34)26-7-3-6(24)17(37-20-11(25)15(32)13(30)9(4-23)35-20)18(12(7)29)38-21-16(33)14(31)10(5-27)36-21/h6-18,20-21,27-33H,1-5,22-25H2,(H,26,34)/t6-,7+,8?,9+,10+,11+,12-,13+,14-,15+,16+,17+,18+,20+,21-/m0/s1. The maximum atomic E-state index is 12.4. The summed E-state index contributed by atoms with van der Waals surface area (Å²) >= 11 is 0. The van der Waals surface area contributed by atoms with Crippen molar-refractivity contribution in [2.45, 2.75) is 105 Å². The van der Waals surface area contributed by atoms with Crippen LogP contribution in [0.25, 0.3) is 0 Å². The lowest BCUT2D eigenvalue weighted by Crippen LogP contribution is -2.69. The number of nitrogens with one attached hydrogen (secondary N) is 1. The molecule has 2 heterocycles. The van der Waals surface area contributed by atoms with Gasteiger partial charge >= 0.3 is 0 Å². The molecule has 2 saturated heterocycles. The molecule has 3 rings (SSSR count). The second-order valence-corrected chi connectivity index (χ2v) is 9.84. The predicted molar refractivity (Wildman–Crippen MR) is 125 cm³/mol. The number of ether oxygens (including phenoxy) is 4. The van der Waals surface area contributed by atoms with E-state index in [1.54, 1.807) is 0 Å². The Morgan fingerprint density at radius 1 is 0.895 bits per heavy atom. The van der Waals surface area contributed by atoms with Crippen molar-refractivity contribution < 1.29 is 59.5 Å². The number of amides is 1. The highest BCUT2D eigenvalue weighted by molar-refractivity contribution is 5.80. The smallest absolute Gasteiger partial charge is 0.249 e. The topological polar surface area (TPSA) is 312 Å². The van der Waals surface area contributed by atoms with Crippen LogP contribution in [0.15, 0.2) is 0 Å². The largest absolute Gasteiger partial charge is 0.394 e. The van der Waals surface area contributed by atoms with Crippen LogP contribution < -0.4 is 28.3 Å². The second kappa shape index (κ2) is 13.5. The fourth-order valence-corrected chi connectivity index (χ4v) is 4.84. The van der Waals surface area contributed by atoms with Crippen LogP contribution in [-0.4, -0.2) is 153 Å². The summed E-state index contributed by atoms with van der Waals surface area (Å²) in [5, 5.41) is 74.0. The summed E-state index contributed by atoms with van der Waals surface area (Å²) < 4.78 is 22.7. The Morgan fingerprint density at radius 2 is 1.50 bits per heavy atom. The molecule has 16 N–H and O–H groups in total. The molecule has 17 nitrogen and oxygen atoms in total. The van der Waals surface area contributed by atoms with Gasteiger partial charge in [-0.2, -0.15) is 0 Å². The van der Waals surface area contributed by atoms with Crippen LogP contribution in [0.2, 0.25) is 0 Å². The van der Waals surface area contributed by atoms with E-state index in [4.69, 9.17) is 41.9 Å². The van der Waals surface area contributed by atoms with Gasteiger partial charge in [0.25, 0.3) is 0 Å². The Morgan fingerprint density at radius 3 is 2.08 bits per heavy atom. The normalized spacial score (nSPS) is 46.6. The highest BCUT2D eigenvalue weighted by Gasteiger charge is 2.53. The van der Waals surface area contributed by atoms with Crippen LogP contribution in [0, 0.1) is 0 Å². The van der Waals surface area contributed by atoms with E-state index in [0.29, 0.717) is 0 Å². The van der Waals surface area contributed by atoms with Crippen LogP contribution in [0.3, 0.4) is 0 Å². The first-order valence-corrected chi connectivity index (χ1v) is 12.5. The Balaban J connectivity index is 1.84. The minimum atomic E-state index is -1.62. The average Bonchev–Trinajstić information content (AvgIpc) is 3.16. The van der Waals surface area contributed by atoms with Gasteiger partial charge in [-0.1, -0.05) is 0 Å². The zero-order valence-electron chi connectivity index (χ0n) is 20.7. The number of hydrogen-bond donors (Lipinski definition) is 12. The van der Waals surface area contributed by atoms with E-state index in [9.17, 15) is 40.5 Å². The van der Waals surface area contributed by atoms with Gasteiger partial charge in [0.15, 0.2) is 12.6 Å². The maximum absolute atomic E-state index is 12.4. The molecule has 222 valence electrons. The molecule has 3 fully saturated rings. The van der Waals surface area contributed by atoms with Crippen LogP contribution in [0.1, 0.15) is 12.8 Å². The molecule has 38 heavy (non-hydrogen) atoms. The third kappa shape index (κ3) is 6.60. The quantitative estimate of drug-likeness (QED) is 0.119. The molecular formula is C21H41N5O12. The number of nitrogens with two attached hydrogens (primary N) is 4. The monoisotopic (exact) mass is 555 g/mol. The Hall–Kier alpha value is -1.13. The number of aliphatic hydroxyl groups is 7. The summed E-state index contributed by atoms with van der Waals surface area (Å²) in [6.07, 6.45) is -16.9. The first-order chi connectivity index (χ1) is 17.9. The van der Waals surface area contributed by atoms with E-state index in [0.717, 1.165) is 0 Å². The Kier molecular flexibility index (Phi) is 11.1. The summed E-state index contributed by atoms with van der Waals surface area (Å²) in [6, 6.07) is -3.29. The molecule has 1 amide bonds. The lowest BCUT2D eigenvalue weighted by Gasteiger charge is -2.48.